The van der Waals surface area contributed by atoms with Crippen molar-refractivity contribution in [2.24, 2.45) is 0 Å². The Bertz CT molecular complexity index is 377. The first-order valence-electron chi connectivity index (χ1n) is 5.79. The van der Waals surface area contributed by atoms with Gasteiger partial charge in [0.1, 0.15) is 11.3 Å². The van der Waals surface area contributed by atoms with Gasteiger partial charge < -0.3 is 15.2 Å². The maximum Gasteiger partial charge on any atom is 0.341 e. The number of hydrogen-bond acceptors (Lipinski definition) is 4. The average Bonchev–Trinajstić information content (AvgIpc) is 2.34. The molecule has 0 aliphatic carbocycles. The Balaban J connectivity index is 2.64. The molecular weight excluding hydrogens is 218 g/mol. The fraction of sp³-hybridized carbons (Fsp3) is 0.462. The van der Waals surface area contributed by atoms with Crippen molar-refractivity contribution in [2.75, 3.05) is 19.5 Å². The number of nitrogen functional groups attached to an aromatic ring is 1. The van der Waals surface area contributed by atoms with E-state index in [-0.39, 0.29) is 5.97 Å². The normalized spacial score (nSPS) is 10.0. The third kappa shape index (κ3) is 3.98. The number of benzene rings is 1. The molecule has 1 aromatic rings. The molecule has 2 N–H and O–H groups in total. The summed E-state index contributed by atoms with van der Waals surface area (Å²) in [4.78, 5) is 11.8. The van der Waals surface area contributed by atoms with Crippen molar-refractivity contribution in [3.05, 3.63) is 23.8 Å². The molecular formula is C13H19NO3. The summed E-state index contributed by atoms with van der Waals surface area (Å²) in [6.07, 6.45) is 3.04. The number of unbranched alkanes of at least 4 members (excludes halogenated alkanes) is 2. The van der Waals surface area contributed by atoms with E-state index in [1.807, 2.05) is 0 Å². The first-order valence-corrected chi connectivity index (χ1v) is 5.79. The molecule has 4 nitrogen and oxygen atoms in total. The van der Waals surface area contributed by atoms with Gasteiger partial charge in [0, 0.05) is 5.69 Å². The predicted octanol–water partition coefficient (Wildman–Crippen LogP) is 2.62. The third-order valence-corrected chi connectivity index (χ3v) is 2.42. The van der Waals surface area contributed by atoms with Crippen molar-refractivity contribution >= 4 is 11.7 Å². The van der Waals surface area contributed by atoms with Gasteiger partial charge in [-0.3, -0.25) is 0 Å². The standard InChI is InChI=1S/C13H19NO3/c1-3-4-5-8-17-13(15)11-9-10(14)6-7-12(11)16-2/h6-7,9H,3-5,8,14H2,1-2H3. The van der Waals surface area contributed by atoms with Gasteiger partial charge in [0.15, 0.2) is 0 Å². The van der Waals surface area contributed by atoms with Crippen molar-refractivity contribution in [1.82, 2.24) is 0 Å². The van der Waals surface area contributed by atoms with Gasteiger partial charge in [-0.05, 0) is 24.6 Å². The highest BCUT2D eigenvalue weighted by molar-refractivity contribution is 5.93. The van der Waals surface area contributed by atoms with Crippen LogP contribution >= 0.6 is 0 Å². The van der Waals surface area contributed by atoms with Crippen molar-refractivity contribution < 1.29 is 14.3 Å². The minimum Gasteiger partial charge on any atom is -0.496 e. The lowest BCUT2D eigenvalue weighted by atomic mass is 10.2. The Morgan fingerprint density at radius 1 is 1.35 bits per heavy atom. The van der Waals surface area contributed by atoms with E-state index in [4.69, 9.17) is 15.2 Å². The lowest BCUT2D eigenvalue weighted by molar-refractivity contribution is 0.0494. The summed E-state index contributed by atoms with van der Waals surface area (Å²) in [6, 6.07) is 4.92. The van der Waals surface area contributed by atoms with Gasteiger partial charge in [-0.25, -0.2) is 4.79 Å². The number of esters is 1. The molecule has 1 aromatic carbocycles. The van der Waals surface area contributed by atoms with Crippen LogP contribution < -0.4 is 10.5 Å². The Morgan fingerprint density at radius 3 is 2.76 bits per heavy atom. The largest absolute Gasteiger partial charge is 0.496 e. The van der Waals surface area contributed by atoms with Crippen LogP contribution in [0.25, 0.3) is 0 Å². The maximum atomic E-state index is 11.8. The van der Waals surface area contributed by atoms with Gasteiger partial charge in [0.05, 0.1) is 13.7 Å². The molecule has 0 aromatic heterocycles. The van der Waals surface area contributed by atoms with E-state index in [9.17, 15) is 4.79 Å². The zero-order chi connectivity index (χ0) is 12.7. The number of ether oxygens (including phenoxy) is 2. The molecule has 1 rings (SSSR count). The summed E-state index contributed by atoms with van der Waals surface area (Å²) in [6.45, 7) is 2.54. The second-order valence-corrected chi connectivity index (χ2v) is 3.80. The first kappa shape index (κ1) is 13.4. The van der Waals surface area contributed by atoms with E-state index in [1.165, 1.54) is 7.11 Å². The molecule has 0 unspecified atom stereocenters. The monoisotopic (exact) mass is 237 g/mol. The third-order valence-electron chi connectivity index (χ3n) is 2.42. The van der Waals surface area contributed by atoms with Crippen LogP contribution in [-0.4, -0.2) is 19.7 Å². The van der Waals surface area contributed by atoms with Crippen LogP contribution in [-0.2, 0) is 4.74 Å². The van der Waals surface area contributed by atoms with Gasteiger partial charge >= 0.3 is 5.97 Å². The Kier molecular flexibility index (Phi) is 5.33. The van der Waals surface area contributed by atoms with E-state index in [0.29, 0.717) is 23.6 Å². The SMILES string of the molecule is CCCCCOC(=O)c1cc(N)ccc1OC. The number of hydrogen-bond donors (Lipinski definition) is 1. The summed E-state index contributed by atoms with van der Waals surface area (Å²) in [5.41, 5.74) is 6.53. The molecule has 0 saturated heterocycles. The molecule has 94 valence electrons. The quantitative estimate of drug-likeness (QED) is 0.469. The van der Waals surface area contributed by atoms with Crippen LogP contribution in [0, 0.1) is 0 Å². The second-order valence-electron chi connectivity index (χ2n) is 3.80. The van der Waals surface area contributed by atoms with Crippen LogP contribution in [0.4, 0.5) is 5.69 Å². The van der Waals surface area contributed by atoms with Crippen LogP contribution in [0.5, 0.6) is 5.75 Å². The van der Waals surface area contributed by atoms with Crippen LogP contribution in [0.15, 0.2) is 18.2 Å². The summed E-state index contributed by atoms with van der Waals surface area (Å²) in [7, 11) is 1.51. The number of nitrogens with two attached hydrogens (primary N) is 1. The van der Waals surface area contributed by atoms with Gasteiger partial charge in [-0.15, -0.1) is 0 Å². The molecule has 0 amide bonds. The molecule has 0 fully saturated rings. The molecule has 0 atom stereocenters. The minimum absolute atomic E-state index is 0.379. The van der Waals surface area contributed by atoms with Crippen molar-refractivity contribution in [1.29, 1.82) is 0 Å². The number of anilines is 1. The number of rotatable bonds is 6. The summed E-state index contributed by atoms with van der Waals surface area (Å²) < 4.78 is 10.2. The lowest BCUT2D eigenvalue weighted by Crippen LogP contribution is -2.08. The van der Waals surface area contributed by atoms with Gasteiger partial charge in [0.25, 0.3) is 0 Å². The average molecular weight is 237 g/mol. The highest BCUT2D eigenvalue weighted by atomic mass is 16.5. The predicted molar refractivity (Wildman–Crippen MR) is 67.2 cm³/mol. The van der Waals surface area contributed by atoms with E-state index in [0.717, 1.165) is 19.3 Å². The van der Waals surface area contributed by atoms with Gasteiger partial charge in [-0.2, -0.15) is 0 Å². The zero-order valence-corrected chi connectivity index (χ0v) is 10.4. The molecule has 0 aliphatic rings. The van der Waals surface area contributed by atoms with Gasteiger partial charge in [0.2, 0.25) is 0 Å². The molecule has 0 spiro atoms. The van der Waals surface area contributed by atoms with Crippen LogP contribution in [0.2, 0.25) is 0 Å². The Labute approximate surface area is 102 Å². The minimum atomic E-state index is -0.384. The molecule has 17 heavy (non-hydrogen) atoms. The van der Waals surface area contributed by atoms with E-state index < -0.39 is 0 Å². The van der Waals surface area contributed by atoms with Crippen molar-refractivity contribution in [3.8, 4) is 5.75 Å². The lowest BCUT2D eigenvalue weighted by Gasteiger charge is -2.09. The summed E-state index contributed by atoms with van der Waals surface area (Å²) >= 11 is 0. The van der Waals surface area contributed by atoms with Gasteiger partial charge in [-0.1, -0.05) is 19.8 Å². The Morgan fingerprint density at radius 2 is 2.12 bits per heavy atom. The number of carbonyl (C=O) groups is 1. The maximum absolute atomic E-state index is 11.8. The molecule has 0 radical (unpaired) electrons. The van der Waals surface area contributed by atoms with E-state index in [2.05, 4.69) is 6.92 Å². The second kappa shape index (κ2) is 6.78. The number of methoxy groups -OCH3 is 1. The number of carbonyl (C=O) groups excluding carboxylic acids is 1. The first-order chi connectivity index (χ1) is 8.19. The highest BCUT2D eigenvalue weighted by Crippen LogP contribution is 2.21. The molecule has 0 aliphatic heterocycles. The molecule has 0 heterocycles. The fourth-order valence-electron chi connectivity index (χ4n) is 1.48. The zero-order valence-electron chi connectivity index (χ0n) is 10.4. The van der Waals surface area contributed by atoms with E-state index >= 15 is 0 Å². The molecule has 4 heteroatoms. The van der Waals surface area contributed by atoms with Crippen molar-refractivity contribution in [3.63, 3.8) is 0 Å². The smallest absolute Gasteiger partial charge is 0.341 e. The molecule has 0 saturated carbocycles. The Hall–Kier alpha value is -1.71. The van der Waals surface area contributed by atoms with Crippen LogP contribution in [0.1, 0.15) is 36.5 Å². The van der Waals surface area contributed by atoms with Crippen LogP contribution in [0.3, 0.4) is 0 Å². The fourth-order valence-corrected chi connectivity index (χ4v) is 1.48. The molecule has 0 bridgehead atoms. The van der Waals surface area contributed by atoms with Crippen molar-refractivity contribution in [2.45, 2.75) is 26.2 Å². The van der Waals surface area contributed by atoms with E-state index in [1.54, 1.807) is 18.2 Å². The topological polar surface area (TPSA) is 61.5 Å². The summed E-state index contributed by atoms with van der Waals surface area (Å²) in [5.74, 6) is 0.102. The summed E-state index contributed by atoms with van der Waals surface area (Å²) in [5, 5.41) is 0. The highest BCUT2D eigenvalue weighted by Gasteiger charge is 2.13.